The van der Waals surface area contributed by atoms with E-state index in [0.717, 1.165) is 9.92 Å². The summed E-state index contributed by atoms with van der Waals surface area (Å²) in [7, 11) is 1.81. The van der Waals surface area contributed by atoms with Gasteiger partial charge in [-0.2, -0.15) is 0 Å². The zero-order valence-electron chi connectivity index (χ0n) is 9.48. The van der Waals surface area contributed by atoms with E-state index < -0.39 is 0 Å². The largest absolute Gasteiger partial charge is 0.316 e. The Hall–Kier alpha value is -1.39. The molecule has 1 aromatic carbocycles. The molecule has 88 valence electrons. The fourth-order valence-corrected chi connectivity index (χ4v) is 2.43. The summed E-state index contributed by atoms with van der Waals surface area (Å²) in [4.78, 5) is 5.13. The highest BCUT2D eigenvalue weighted by molar-refractivity contribution is 7.99. The van der Waals surface area contributed by atoms with Crippen LogP contribution in [0.25, 0.3) is 0 Å². The van der Waals surface area contributed by atoms with Gasteiger partial charge in [-0.1, -0.05) is 23.9 Å². The summed E-state index contributed by atoms with van der Waals surface area (Å²) in [5.41, 5.74) is 0.686. The molecule has 0 amide bonds. The zero-order valence-corrected chi connectivity index (χ0v) is 10.3. The van der Waals surface area contributed by atoms with E-state index in [1.165, 1.54) is 17.8 Å². The summed E-state index contributed by atoms with van der Waals surface area (Å²) in [6.07, 6.45) is 1.74. The average Bonchev–Trinajstić information content (AvgIpc) is 2.35. The molecule has 2 aromatic rings. The molecule has 0 saturated heterocycles. The van der Waals surface area contributed by atoms with Gasteiger partial charge in [0.05, 0.1) is 0 Å². The summed E-state index contributed by atoms with van der Waals surface area (Å²) in [6, 6.07) is 10.8. The van der Waals surface area contributed by atoms with Gasteiger partial charge in [0.2, 0.25) is 0 Å². The number of benzene rings is 1. The highest BCUT2D eigenvalue weighted by Gasteiger charge is 2.09. The Morgan fingerprint density at radius 3 is 2.82 bits per heavy atom. The molecule has 0 spiro atoms. The Kier molecular flexibility index (Phi) is 4.12. The van der Waals surface area contributed by atoms with Crippen LogP contribution in [0.3, 0.4) is 0 Å². The minimum atomic E-state index is -0.180. The second-order valence-electron chi connectivity index (χ2n) is 3.52. The second kappa shape index (κ2) is 5.80. The molecule has 1 heterocycles. The van der Waals surface area contributed by atoms with Crippen molar-refractivity contribution in [2.24, 2.45) is 0 Å². The van der Waals surface area contributed by atoms with Crippen molar-refractivity contribution in [3.8, 4) is 0 Å². The van der Waals surface area contributed by atoms with E-state index in [0.29, 0.717) is 12.1 Å². The summed E-state index contributed by atoms with van der Waals surface area (Å²) in [6.45, 7) is 0.516. The maximum atomic E-state index is 13.7. The van der Waals surface area contributed by atoms with Crippen molar-refractivity contribution in [3.05, 3.63) is 54.0 Å². The lowest BCUT2D eigenvalue weighted by molar-refractivity contribution is 0.593. The molecule has 1 aromatic heterocycles. The van der Waals surface area contributed by atoms with Crippen LogP contribution in [0.5, 0.6) is 0 Å². The lowest BCUT2D eigenvalue weighted by Gasteiger charge is -2.09. The molecule has 0 aliphatic carbocycles. The standard InChI is InChI=1S/C13H13FN2S/c1-15-9-10-11(14)5-4-6-12(10)17-13-7-2-3-8-16-13/h2-8,15H,9H2,1H3. The van der Waals surface area contributed by atoms with Crippen LogP contribution in [0.1, 0.15) is 5.56 Å². The third kappa shape index (κ3) is 3.05. The number of hydrogen-bond donors (Lipinski definition) is 1. The van der Waals surface area contributed by atoms with E-state index in [4.69, 9.17) is 0 Å². The van der Waals surface area contributed by atoms with Crippen molar-refractivity contribution in [1.82, 2.24) is 10.3 Å². The lowest BCUT2D eigenvalue weighted by Crippen LogP contribution is -2.08. The van der Waals surface area contributed by atoms with Crippen LogP contribution in [0.4, 0.5) is 4.39 Å². The molecule has 0 atom stereocenters. The maximum absolute atomic E-state index is 13.7. The second-order valence-corrected chi connectivity index (χ2v) is 4.58. The molecule has 0 fully saturated rings. The third-order valence-corrected chi connectivity index (χ3v) is 3.33. The van der Waals surface area contributed by atoms with Gasteiger partial charge >= 0.3 is 0 Å². The van der Waals surface area contributed by atoms with Crippen LogP contribution in [-0.2, 0) is 6.54 Å². The predicted octanol–water partition coefficient (Wildman–Crippen LogP) is 3.09. The van der Waals surface area contributed by atoms with E-state index in [9.17, 15) is 4.39 Å². The normalized spacial score (nSPS) is 10.5. The van der Waals surface area contributed by atoms with Gasteiger partial charge in [0, 0.05) is 23.2 Å². The Morgan fingerprint density at radius 2 is 2.12 bits per heavy atom. The molecule has 1 N–H and O–H groups in total. The van der Waals surface area contributed by atoms with Crippen molar-refractivity contribution in [2.45, 2.75) is 16.5 Å². The van der Waals surface area contributed by atoms with Gasteiger partial charge in [-0.15, -0.1) is 0 Å². The number of rotatable bonds is 4. The summed E-state index contributed by atoms with van der Waals surface area (Å²) < 4.78 is 13.7. The highest BCUT2D eigenvalue weighted by atomic mass is 32.2. The van der Waals surface area contributed by atoms with Crippen molar-refractivity contribution >= 4 is 11.8 Å². The number of aromatic nitrogens is 1. The van der Waals surface area contributed by atoms with Crippen LogP contribution in [0, 0.1) is 5.82 Å². The fraction of sp³-hybridized carbons (Fsp3) is 0.154. The van der Waals surface area contributed by atoms with Gasteiger partial charge in [0.25, 0.3) is 0 Å². The van der Waals surface area contributed by atoms with Crippen LogP contribution < -0.4 is 5.32 Å². The molecule has 2 rings (SSSR count). The molecular formula is C13H13FN2S. The smallest absolute Gasteiger partial charge is 0.128 e. The molecule has 0 bridgehead atoms. The average molecular weight is 248 g/mol. The molecule has 0 unspecified atom stereocenters. The van der Waals surface area contributed by atoms with Gasteiger partial charge in [-0.25, -0.2) is 9.37 Å². The van der Waals surface area contributed by atoms with Crippen molar-refractivity contribution < 1.29 is 4.39 Å². The van der Waals surface area contributed by atoms with E-state index in [1.807, 2.05) is 31.3 Å². The molecule has 17 heavy (non-hydrogen) atoms. The number of halogens is 1. The topological polar surface area (TPSA) is 24.9 Å². The van der Waals surface area contributed by atoms with Crippen molar-refractivity contribution in [2.75, 3.05) is 7.05 Å². The first-order valence-corrected chi connectivity index (χ1v) is 6.14. The maximum Gasteiger partial charge on any atom is 0.128 e. The van der Waals surface area contributed by atoms with Crippen LogP contribution in [-0.4, -0.2) is 12.0 Å². The Bertz CT molecular complexity index is 488. The Balaban J connectivity index is 2.29. The number of hydrogen-bond acceptors (Lipinski definition) is 3. The number of pyridine rings is 1. The van der Waals surface area contributed by atoms with E-state index >= 15 is 0 Å². The molecule has 4 heteroatoms. The third-order valence-electron chi connectivity index (χ3n) is 2.28. The van der Waals surface area contributed by atoms with Crippen LogP contribution in [0.15, 0.2) is 52.5 Å². The van der Waals surface area contributed by atoms with E-state index in [1.54, 1.807) is 12.3 Å². The SMILES string of the molecule is CNCc1c(F)cccc1Sc1ccccn1. The van der Waals surface area contributed by atoms with Crippen molar-refractivity contribution in [3.63, 3.8) is 0 Å². The Labute approximate surface area is 104 Å². The number of nitrogens with zero attached hydrogens (tertiary/aromatic N) is 1. The van der Waals surface area contributed by atoms with E-state index in [-0.39, 0.29) is 5.82 Å². The van der Waals surface area contributed by atoms with Gasteiger partial charge in [0.1, 0.15) is 10.8 Å². The molecule has 0 aliphatic rings. The van der Waals surface area contributed by atoms with Crippen LogP contribution >= 0.6 is 11.8 Å². The van der Waals surface area contributed by atoms with Gasteiger partial charge < -0.3 is 5.32 Å². The summed E-state index contributed by atoms with van der Waals surface area (Å²) in [5, 5.41) is 3.85. The minimum Gasteiger partial charge on any atom is -0.316 e. The molecular weight excluding hydrogens is 235 g/mol. The molecule has 0 saturated carbocycles. The molecule has 0 radical (unpaired) electrons. The quantitative estimate of drug-likeness (QED) is 0.900. The minimum absolute atomic E-state index is 0.180. The highest BCUT2D eigenvalue weighted by Crippen LogP contribution is 2.30. The zero-order chi connectivity index (χ0) is 12.1. The fourth-order valence-electron chi connectivity index (χ4n) is 1.50. The van der Waals surface area contributed by atoms with Crippen LogP contribution in [0.2, 0.25) is 0 Å². The van der Waals surface area contributed by atoms with E-state index in [2.05, 4.69) is 10.3 Å². The Morgan fingerprint density at radius 1 is 1.24 bits per heavy atom. The van der Waals surface area contributed by atoms with Crippen molar-refractivity contribution in [1.29, 1.82) is 0 Å². The van der Waals surface area contributed by atoms with Gasteiger partial charge in [-0.3, -0.25) is 0 Å². The van der Waals surface area contributed by atoms with Gasteiger partial charge in [-0.05, 0) is 31.3 Å². The monoisotopic (exact) mass is 248 g/mol. The van der Waals surface area contributed by atoms with Gasteiger partial charge in [0.15, 0.2) is 0 Å². The lowest BCUT2D eigenvalue weighted by atomic mass is 10.2. The molecule has 0 aliphatic heterocycles. The first-order chi connectivity index (χ1) is 8.31. The first kappa shape index (κ1) is 12.1. The predicted molar refractivity (Wildman–Crippen MR) is 67.5 cm³/mol. The number of nitrogens with one attached hydrogen (secondary N) is 1. The molecule has 2 nitrogen and oxygen atoms in total. The summed E-state index contributed by atoms with van der Waals surface area (Å²) in [5.74, 6) is -0.180. The first-order valence-electron chi connectivity index (χ1n) is 5.32. The summed E-state index contributed by atoms with van der Waals surface area (Å²) >= 11 is 1.48.